The summed E-state index contributed by atoms with van der Waals surface area (Å²) in [6, 6.07) is 0. The molecule has 0 aliphatic rings. The van der Waals surface area contributed by atoms with E-state index in [1.54, 1.807) is 0 Å². The lowest BCUT2D eigenvalue weighted by Gasteiger charge is -2.03. The Hall–Kier alpha value is -0.300. The fraction of sp³-hybridized carbons (Fsp3) is 0.846. The van der Waals surface area contributed by atoms with Gasteiger partial charge in [-0.05, 0) is 26.2 Å². The third-order valence-corrected chi connectivity index (χ3v) is 2.53. The molecule has 0 unspecified atom stereocenters. The van der Waals surface area contributed by atoms with Crippen molar-refractivity contribution in [3.63, 3.8) is 0 Å². The first-order chi connectivity index (χ1) is 6.77. The van der Waals surface area contributed by atoms with E-state index in [9.17, 15) is 0 Å². The maximum absolute atomic E-state index is 9.04. The van der Waals surface area contributed by atoms with Crippen LogP contribution in [0.3, 0.4) is 0 Å². The van der Waals surface area contributed by atoms with Gasteiger partial charge in [-0.2, -0.15) is 0 Å². The van der Waals surface area contributed by atoms with Gasteiger partial charge in [0.2, 0.25) is 0 Å². The second kappa shape index (κ2) is 10.8. The molecule has 0 saturated carbocycles. The van der Waals surface area contributed by atoms with Crippen LogP contribution in [0.5, 0.6) is 0 Å². The van der Waals surface area contributed by atoms with Gasteiger partial charge in [-0.3, -0.25) is 0 Å². The molecule has 14 heavy (non-hydrogen) atoms. The van der Waals surface area contributed by atoms with Crippen LogP contribution in [0.15, 0.2) is 12.7 Å². The van der Waals surface area contributed by atoms with Crippen molar-refractivity contribution in [2.75, 3.05) is 0 Å². The fourth-order valence-corrected chi connectivity index (χ4v) is 1.61. The zero-order valence-electron chi connectivity index (χ0n) is 9.67. The van der Waals surface area contributed by atoms with Crippen molar-refractivity contribution in [1.29, 1.82) is 0 Å². The predicted molar refractivity (Wildman–Crippen MR) is 63.4 cm³/mol. The quantitative estimate of drug-likeness (QED) is 0.414. The van der Waals surface area contributed by atoms with Crippen LogP contribution in [-0.2, 0) is 0 Å². The van der Waals surface area contributed by atoms with Gasteiger partial charge in [0.15, 0.2) is 0 Å². The fourth-order valence-electron chi connectivity index (χ4n) is 1.61. The maximum Gasteiger partial charge on any atom is 0.0512 e. The summed E-state index contributed by atoms with van der Waals surface area (Å²) in [5.74, 6) is 0. The van der Waals surface area contributed by atoms with Gasteiger partial charge in [-0.15, -0.1) is 6.58 Å². The van der Waals surface area contributed by atoms with E-state index in [1.165, 1.54) is 51.4 Å². The molecule has 1 heteroatoms. The highest BCUT2D eigenvalue weighted by atomic mass is 16.3. The molecule has 0 bridgehead atoms. The Morgan fingerprint density at radius 2 is 1.50 bits per heavy atom. The smallest absolute Gasteiger partial charge is 0.0512 e. The van der Waals surface area contributed by atoms with Crippen molar-refractivity contribution in [3.8, 4) is 0 Å². The van der Waals surface area contributed by atoms with E-state index in [0.717, 1.165) is 6.42 Å². The molecule has 1 atom stereocenters. The maximum atomic E-state index is 9.04. The molecule has 0 aromatic heterocycles. The molecule has 1 N–H and O–H groups in total. The van der Waals surface area contributed by atoms with Gasteiger partial charge in [0.1, 0.15) is 0 Å². The van der Waals surface area contributed by atoms with Gasteiger partial charge in [0.25, 0.3) is 0 Å². The van der Waals surface area contributed by atoms with E-state index in [4.69, 9.17) is 5.11 Å². The lowest BCUT2D eigenvalue weighted by molar-refractivity contribution is 0.180. The standard InChI is InChI=1S/C13H26O/c1-3-4-5-6-7-8-9-10-11-12-13(2)14/h3,13-14H,1,4-12H2,2H3/t13-/m1/s1. The van der Waals surface area contributed by atoms with Crippen molar-refractivity contribution in [2.45, 2.75) is 70.8 Å². The molecule has 0 aromatic carbocycles. The Bertz CT molecular complexity index is 118. The molecule has 0 saturated heterocycles. The van der Waals surface area contributed by atoms with Gasteiger partial charge in [-0.25, -0.2) is 0 Å². The van der Waals surface area contributed by atoms with Crippen LogP contribution in [0.1, 0.15) is 64.7 Å². The monoisotopic (exact) mass is 198 g/mol. The second-order valence-corrected chi connectivity index (χ2v) is 4.19. The summed E-state index contributed by atoms with van der Waals surface area (Å²) >= 11 is 0. The average molecular weight is 198 g/mol. The number of unbranched alkanes of at least 4 members (excludes halogenated alkanes) is 7. The molecule has 0 aliphatic heterocycles. The average Bonchev–Trinajstić information content (AvgIpc) is 2.15. The molecule has 0 heterocycles. The van der Waals surface area contributed by atoms with Gasteiger partial charge < -0.3 is 5.11 Å². The van der Waals surface area contributed by atoms with Gasteiger partial charge in [-0.1, -0.05) is 44.6 Å². The highest BCUT2D eigenvalue weighted by Crippen LogP contribution is 2.10. The number of hydrogen-bond donors (Lipinski definition) is 1. The Morgan fingerprint density at radius 1 is 1.00 bits per heavy atom. The molecule has 0 aliphatic carbocycles. The normalized spacial score (nSPS) is 12.7. The van der Waals surface area contributed by atoms with Crippen molar-refractivity contribution in [3.05, 3.63) is 12.7 Å². The number of aliphatic hydroxyl groups is 1. The summed E-state index contributed by atoms with van der Waals surface area (Å²) in [4.78, 5) is 0. The largest absolute Gasteiger partial charge is 0.393 e. The lowest BCUT2D eigenvalue weighted by atomic mass is 10.1. The Morgan fingerprint density at radius 3 is 2.00 bits per heavy atom. The summed E-state index contributed by atoms with van der Waals surface area (Å²) < 4.78 is 0. The van der Waals surface area contributed by atoms with Gasteiger partial charge in [0, 0.05) is 0 Å². The van der Waals surface area contributed by atoms with Crippen LogP contribution in [-0.4, -0.2) is 11.2 Å². The Kier molecular flexibility index (Phi) is 10.5. The van der Waals surface area contributed by atoms with E-state index < -0.39 is 0 Å². The van der Waals surface area contributed by atoms with E-state index in [-0.39, 0.29) is 6.10 Å². The zero-order valence-corrected chi connectivity index (χ0v) is 9.67. The van der Waals surface area contributed by atoms with Crippen LogP contribution in [0.25, 0.3) is 0 Å². The lowest BCUT2D eigenvalue weighted by Crippen LogP contribution is -1.98. The topological polar surface area (TPSA) is 20.2 Å². The highest BCUT2D eigenvalue weighted by molar-refractivity contribution is 4.65. The first-order valence-corrected chi connectivity index (χ1v) is 6.06. The summed E-state index contributed by atoms with van der Waals surface area (Å²) in [6.45, 7) is 5.58. The third kappa shape index (κ3) is 11.7. The molecule has 0 fully saturated rings. The summed E-state index contributed by atoms with van der Waals surface area (Å²) in [6.07, 6.45) is 13.2. The zero-order chi connectivity index (χ0) is 10.6. The summed E-state index contributed by atoms with van der Waals surface area (Å²) in [5, 5.41) is 9.04. The van der Waals surface area contributed by atoms with E-state index in [0.29, 0.717) is 0 Å². The van der Waals surface area contributed by atoms with Crippen molar-refractivity contribution >= 4 is 0 Å². The molecule has 0 aromatic rings. The Labute approximate surface area is 89.2 Å². The molecule has 84 valence electrons. The van der Waals surface area contributed by atoms with E-state index in [2.05, 4.69) is 6.58 Å². The number of rotatable bonds is 10. The van der Waals surface area contributed by atoms with Crippen molar-refractivity contribution < 1.29 is 5.11 Å². The molecular formula is C13H26O. The number of hydrogen-bond acceptors (Lipinski definition) is 1. The number of aliphatic hydroxyl groups excluding tert-OH is 1. The van der Waals surface area contributed by atoms with Crippen molar-refractivity contribution in [2.24, 2.45) is 0 Å². The first-order valence-electron chi connectivity index (χ1n) is 6.06. The molecule has 0 amide bonds. The molecule has 0 rings (SSSR count). The minimum atomic E-state index is -0.109. The second-order valence-electron chi connectivity index (χ2n) is 4.19. The molecule has 1 nitrogen and oxygen atoms in total. The molecule has 0 radical (unpaired) electrons. The van der Waals surface area contributed by atoms with Crippen LogP contribution in [0.2, 0.25) is 0 Å². The minimum absolute atomic E-state index is 0.109. The van der Waals surface area contributed by atoms with Crippen LogP contribution in [0.4, 0.5) is 0 Å². The predicted octanol–water partition coefficient (Wildman–Crippen LogP) is 4.06. The van der Waals surface area contributed by atoms with E-state index in [1.807, 2.05) is 13.0 Å². The SMILES string of the molecule is C=CCCCCCCCCC[C@@H](C)O. The van der Waals surface area contributed by atoms with Crippen LogP contribution < -0.4 is 0 Å². The van der Waals surface area contributed by atoms with Crippen LogP contribution in [0, 0.1) is 0 Å². The minimum Gasteiger partial charge on any atom is -0.393 e. The van der Waals surface area contributed by atoms with Crippen molar-refractivity contribution in [1.82, 2.24) is 0 Å². The van der Waals surface area contributed by atoms with Gasteiger partial charge >= 0.3 is 0 Å². The van der Waals surface area contributed by atoms with E-state index >= 15 is 0 Å². The first kappa shape index (κ1) is 13.7. The third-order valence-electron chi connectivity index (χ3n) is 2.53. The number of allylic oxidation sites excluding steroid dienone is 1. The molecular weight excluding hydrogens is 172 g/mol. The highest BCUT2D eigenvalue weighted by Gasteiger charge is 1.95. The van der Waals surface area contributed by atoms with Gasteiger partial charge in [0.05, 0.1) is 6.10 Å². The summed E-state index contributed by atoms with van der Waals surface area (Å²) in [7, 11) is 0. The Balaban J connectivity index is 2.88. The van der Waals surface area contributed by atoms with Crippen LogP contribution >= 0.6 is 0 Å². The molecule has 0 spiro atoms. The summed E-state index contributed by atoms with van der Waals surface area (Å²) in [5.41, 5.74) is 0.